The fourth-order valence-corrected chi connectivity index (χ4v) is 0. The number of rotatable bonds is 0. The fourth-order valence-electron chi connectivity index (χ4n) is 0. The molecule has 0 aromatic heterocycles. The van der Waals surface area contributed by atoms with Gasteiger partial charge in [-0.25, -0.2) is 0 Å². The zero-order valence-corrected chi connectivity index (χ0v) is 5.85. The van der Waals surface area contributed by atoms with Crippen LogP contribution < -0.4 is 0 Å². The minimum absolute atomic E-state index is 3.67. The van der Waals surface area contributed by atoms with Crippen molar-refractivity contribution in [3.05, 3.63) is 0 Å². The molecule has 0 rings (SSSR count). The van der Waals surface area contributed by atoms with Gasteiger partial charge in [0.1, 0.15) is 0 Å². The molecule has 0 aromatic rings. The summed E-state index contributed by atoms with van der Waals surface area (Å²) in [6, 6.07) is 0. The Kier molecular flexibility index (Phi) is 10.5. The zero-order valence-electron chi connectivity index (χ0n) is 3.29. The molecule has 0 heterocycles. The molecule has 0 unspecified atom stereocenters. The Bertz CT molecular complexity index is 24.0. The Hall–Kier alpha value is 0.463. The van der Waals surface area contributed by atoms with Gasteiger partial charge in [-0.15, -0.1) is 0 Å². The number of halogens is 6. The molecule has 0 spiro atoms. The molecule has 8 heteroatoms. The Morgan fingerprint density at radius 1 is 0.875 bits per heavy atom. The van der Waals surface area contributed by atoms with Crippen molar-refractivity contribution in [1.82, 2.24) is 0 Å². The summed E-state index contributed by atoms with van der Waals surface area (Å²) in [5, 5.41) is 0. The van der Waals surface area contributed by atoms with E-state index in [2.05, 4.69) is 0 Å². The topological polar surface area (TPSA) is 0 Å². The molecule has 0 aliphatic rings. The van der Waals surface area contributed by atoms with Crippen LogP contribution in [0.5, 0.6) is 0 Å². The van der Waals surface area contributed by atoms with E-state index in [4.69, 9.17) is 0 Å². The second-order valence-electron chi connectivity index (χ2n) is 0.439. The molecule has 8 heavy (non-hydrogen) atoms. The predicted molar refractivity (Wildman–Crippen MR) is 18.2 cm³/mol. The maximum atomic E-state index is 9.85. The molecule has 0 aliphatic heterocycles. The summed E-state index contributed by atoms with van der Waals surface area (Å²) in [6.45, 7) is 0. The minimum atomic E-state index is -4.95. The molecular formula is BF6Sb. The Balaban J connectivity index is 0. The normalized spacial score (nSPS) is 7.88. The second-order valence-corrected chi connectivity index (χ2v) is 1.53. The molecule has 0 aromatic carbocycles. The van der Waals surface area contributed by atoms with E-state index in [-0.39, 0.29) is 0 Å². The van der Waals surface area contributed by atoms with Crippen LogP contribution in [0.3, 0.4) is 0 Å². The van der Waals surface area contributed by atoms with Gasteiger partial charge in [0.05, 0.1) is 0 Å². The molecule has 0 bridgehead atoms. The first kappa shape index (κ1) is 11.3. The first-order valence-electron chi connectivity index (χ1n) is 1.16. The standard InChI is InChI=1S/BF3.3FH.Sb/c2-1(3)4;;;;/h;3*1H;/q;;;;+3/p-3. The van der Waals surface area contributed by atoms with Crippen LogP contribution in [0.1, 0.15) is 0 Å². The van der Waals surface area contributed by atoms with E-state index in [1.54, 1.807) is 0 Å². The van der Waals surface area contributed by atoms with Gasteiger partial charge in [-0.2, -0.15) is 0 Å². The first-order chi connectivity index (χ1) is 3.46. The summed E-state index contributed by atoms with van der Waals surface area (Å²) in [6.07, 6.45) is 0. The van der Waals surface area contributed by atoms with Crippen molar-refractivity contribution in [1.29, 1.82) is 0 Å². The average molecular weight is 247 g/mol. The Labute approximate surface area is 51.4 Å². The predicted octanol–water partition coefficient (Wildman–Crippen LogP) is 1.76. The molecule has 0 saturated carbocycles. The van der Waals surface area contributed by atoms with Crippen LogP contribution in [0.2, 0.25) is 0 Å². The summed E-state index contributed by atoms with van der Waals surface area (Å²) in [5.41, 5.74) is 0. The van der Waals surface area contributed by atoms with E-state index < -0.39 is 29.5 Å². The van der Waals surface area contributed by atoms with Crippen LogP contribution >= 0.6 is 0 Å². The zero-order chi connectivity index (χ0) is 7.15. The number of hydrogen-bond acceptors (Lipinski definition) is 0. The van der Waals surface area contributed by atoms with Crippen LogP contribution in [0.25, 0.3) is 0 Å². The van der Waals surface area contributed by atoms with Gasteiger partial charge in [0.2, 0.25) is 0 Å². The Morgan fingerprint density at radius 2 is 0.875 bits per heavy atom. The molecule has 0 fully saturated rings. The van der Waals surface area contributed by atoms with Gasteiger partial charge in [-0.1, -0.05) is 0 Å². The van der Waals surface area contributed by atoms with E-state index in [1.165, 1.54) is 0 Å². The molecule has 0 aliphatic carbocycles. The van der Waals surface area contributed by atoms with E-state index in [0.29, 0.717) is 0 Å². The molecule has 0 saturated heterocycles. The van der Waals surface area contributed by atoms with Crippen LogP contribution in [0, 0.1) is 0 Å². The summed E-state index contributed by atoms with van der Waals surface area (Å²) in [4.78, 5) is 0. The summed E-state index contributed by atoms with van der Waals surface area (Å²) in [5.74, 6) is 0. The van der Waals surface area contributed by atoms with Crippen molar-refractivity contribution in [2.75, 3.05) is 0 Å². The van der Waals surface area contributed by atoms with Crippen molar-refractivity contribution >= 4 is 29.5 Å². The van der Waals surface area contributed by atoms with Gasteiger partial charge in [0.15, 0.2) is 0 Å². The van der Waals surface area contributed by atoms with Gasteiger partial charge in [0.25, 0.3) is 0 Å². The molecule has 0 radical (unpaired) electrons. The SMILES string of the molecule is FB(F)F.[F][Sb]([F])[F]. The average Bonchev–Trinajstić information content (AvgIpc) is 1.25. The van der Waals surface area contributed by atoms with Gasteiger partial charge in [0, 0.05) is 0 Å². The first-order valence-corrected chi connectivity index (χ1v) is 4.06. The third-order valence-corrected chi connectivity index (χ3v) is 0. The van der Waals surface area contributed by atoms with E-state index in [0.717, 1.165) is 0 Å². The van der Waals surface area contributed by atoms with Crippen molar-refractivity contribution in [3.63, 3.8) is 0 Å². The van der Waals surface area contributed by atoms with E-state index >= 15 is 0 Å². The summed E-state index contributed by atoms with van der Waals surface area (Å²) >= 11 is -4.95. The van der Waals surface area contributed by atoms with Crippen LogP contribution in [-0.4, -0.2) is 29.5 Å². The summed E-state index contributed by atoms with van der Waals surface area (Å²) in [7, 11) is -3.67. The molecule has 0 atom stereocenters. The van der Waals surface area contributed by atoms with Gasteiger partial charge >= 0.3 is 37.9 Å². The maximum absolute atomic E-state index is 9.85. The molecule has 0 nitrogen and oxygen atoms in total. The third kappa shape index (κ3) is 899. The second kappa shape index (κ2) is 7.46. The Morgan fingerprint density at radius 3 is 0.875 bits per heavy atom. The van der Waals surface area contributed by atoms with Crippen LogP contribution in [0.4, 0.5) is 21.4 Å². The molecule has 0 amide bonds. The monoisotopic (exact) mass is 246 g/mol. The summed E-state index contributed by atoms with van der Waals surface area (Å²) < 4.78 is 58.6. The quantitative estimate of drug-likeness (QED) is 0.451. The van der Waals surface area contributed by atoms with Crippen molar-refractivity contribution in [2.45, 2.75) is 0 Å². The van der Waals surface area contributed by atoms with Crippen molar-refractivity contribution < 1.29 is 21.4 Å². The van der Waals surface area contributed by atoms with E-state index in [9.17, 15) is 21.4 Å². The molecular weight excluding hydrogens is 247 g/mol. The third-order valence-electron chi connectivity index (χ3n) is 0. The van der Waals surface area contributed by atoms with Crippen LogP contribution in [0.15, 0.2) is 0 Å². The van der Waals surface area contributed by atoms with E-state index in [1.807, 2.05) is 0 Å². The van der Waals surface area contributed by atoms with Crippen molar-refractivity contribution in [2.24, 2.45) is 0 Å². The number of hydrogen-bond donors (Lipinski definition) is 0. The van der Waals surface area contributed by atoms with Gasteiger partial charge in [-0.05, 0) is 0 Å². The van der Waals surface area contributed by atoms with Crippen molar-refractivity contribution in [3.8, 4) is 0 Å². The van der Waals surface area contributed by atoms with Gasteiger partial charge in [-0.3, -0.25) is 12.9 Å². The van der Waals surface area contributed by atoms with Gasteiger partial charge < -0.3 is 0 Å². The fraction of sp³-hybridized carbons (Fsp3) is 0. The molecule has 0 N–H and O–H groups in total. The molecule has 50 valence electrons. The van der Waals surface area contributed by atoms with Crippen LogP contribution in [-0.2, 0) is 0 Å².